The maximum atomic E-state index is 14.1. The zero-order valence-electron chi connectivity index (χ0n) is 15.4. The van der Waals surface area contributed by atoms with Crippen LogP contribution in [0.1, 0.15) is 21.5 Å². The van der Waals surface area contributed by atoms with Crippen LogP contribution >= 0.6 is 0 Å². The Kier molecular flexibility index (Phi) is 5.00. The van der Waals surface area contributed by atoms with Gasteiger partial charge >= 0.3 is 0 Å². The molecule has 0 aliphatic carbocycles. The molecule has 1 aliphatic rings. The second-order valence-electron chi connectivity index (χ2n) is 6.90. The molecule has 1 unspecified atom stereocenters. The van der Waals surface area contributed by atoms with Crippen LogP contribution in [0.15, 0.2) is 36.5 Å². The standard InChI is InChI=1S/C21H21F2N3O2/c1-24-21(27)15-3-4-18(23)20-17(15)9-14(11-28-20)25-7-6-12-10-26-19-5-2-13(22)8-16(12)19/h2-5,8,10,14,25-26H,6-7,9,11H2,1H3,(H,24,27). The number of carbonyl (C=O) groups is 1. The first-order valence-electron chi connectivity index (χ1n) is 9.22. The fraction of sp³-hybridized carbons (Fsp3) is 0.286. The number of aromatic amines is 1. The number of aromatic nitrogens is 1. The molecule has 2 aromatic carbocycles. The van der Waals surface area contributed by atoms with Crippen molar-refractivity contribution >= 4 is 16.8 Å². The van der Waals surface area contributed by atoms with Crippen LogP contribution in [0.2, 0.25) is 0 Å². The second-order valence-corrected chi connectivity index (χ2v) is 6.90. The van der Waals surface area contributed by atoms with Gasteiger partial charge in [-0.1, -0.05) is 0 Å². The normalized spacial score (nSPS) is 15.9. The minimum atomic E-state index is -0.457. The highest BCUT2D eigenvalue weighted by Crippen LogP contribution is 2.31. The number of halogens is 2. The molecule has 0 saturated carbocycles. The van der Waals surface area contributed by atoms with Crippen molar-refractivity contribution in [3.8, 4) is 5.75 Å². The number of ether oxygens (including phenoxy) is 1. The smallest absolute Gasteiger partial charge is 0.251 e. The first kappa shape index (κ1) is 18.4. The van der Waals surface area contributed by atoms with Gasteiger partial charge < -0.3 is 20.4 Å². The molecule has 28 heavy (non-hydrogen) atoms. The molecule has 0 fully saturated rings. The third-order valence-corrected chi connectivity index (χ3v) is 5.12. The summed E-state index contributed by atoms with van der Waals surface area (Å²) in [6.07, 6.45) is 3.09. The van der Waals surface area contributed by atoms with Gasteiger partial charge in [-0.25, -0.2) is 8.78 Å². The average Bonchev–Trinajstić information content (AvgIpc) is 3.10. The van der Waals surface area contributed by atoms with Crippen molar-refractivity contribution in [2.24, 2.45) is 0 Å². The highest BCUT2D eigenvalue weighted by molar-refractivity contribution is 5.96. The molecule has 146 valence electrons. The van der Waals surface area contributed by atoms with Gasteiger partial charge in [0.2, 0.25) is 0 Å². The number of rotatable bonds is 5. The van der Waals surface area contributed by atoms with E-state index in [9.17, 15) is 13.6 Å². The molecule has 0 saturated heterocycles. The molecule has 3 N–H and O–H groups in total. The summed E-state index contributed by atoms with van der Waals surface area (Å²) in [5.41, 5.74) is 2.93. The molecule has 0 bridgehead atoms. The van der Waals surface area contributed by atoms with Crippen molar-refractivity contribution in [3.05, 3.63) is 64.9 Å². The maximum absolute atomic E-state index is 14.1. The van der Waals surface area contributed by atoms with E-state index in [1.165, 1.54) is 24.3 Å². The Morgan fingerprint density at radius 1 is 1.29 bits per heavy atom. The Bertz CT molecular complexity index is 1030. The summed E-state index contributed by atoms with van der Waals surface area (Å²) in [6.45, 7) is 0.973. The summed E-state index contributed by atoms with van der Waals surface area (Å²) in [5.74, 6) is -0.822. The van der Waals surface area contributed by atoms with Crippen LogP contribution in [0.25, 0.3) is 10.9 Å². The minimum Gasteiger partial charge on any atom is -0.489 e. The quantitative estimate of drug-likeness (QED) is 0.633. The summed E-state index contributed by atoms with van der Waals surface area (Å²) in [5, 5.41) is 6.85. The first-order chi connectivity index (χ1) is 13.6. The Morgan fingerprint density at radius 3 is 2.96 bits per heavy atom. The molecule has 1 aliphatic heterocycles. The summed E-state index contributed by atoms with van der Waals surface area (Å²) in [4.78, 5) is 15.2. The highest BCUT2D eigenvalue weighted by atomic mass is 19.1. The fourth-order valence-electron chi connectivity index (χ4n) is 3.69. The van der Waals surface area contributed by atoms with Gasteiger partial charge in [-0.2, -0.15) is 0 Å². The van der Waals surface area contributed by atoms with Crippen LogP contribution in [0.3, 0.4) is 0 Å². The van der Waals surface area contributed by atoms with E-state index in [0.29, 0.717) is 37.1 Å². The third kappa shape index (κ3) is 3.45. The van der Waals surface area contributed by atoms with Crippen molar-refractivity contribution < 1.29 is 18.3 Å². The second kappa shape index (κ2) is 7.59. The van der Waals surface area contributed by atoms with E-state index in [4.69, 9.17) is 4.74 Å². The Balaban J connectivity index is 1.44. The number of nitrogens with one attached hydrogen (secondary N) is 3. The van der Waals surface area contributed by atoms with E-state index in [0.717, 1.165) is 16.5 Å². The number of fused-ring (bicyclic) bond motifs is 2. The minimum absolute atomic E-state index is 0.0420. The van der Waals surface area contributed by atoms with Gasteiger partial charge in [0.15, 0.2) is 11.6 Å². The van der Waals surface area contributed by atoms with Crippen molar-refractivity contribution in [3.63, 3.8) is 0 Å². The number of benzene rings is 2. The molecule has 5 nitrogen and oxygen atoms in total. The zero-order chi connectivity index (χ0) is 19.7. The van der Waals surface area contributed by atoms with Gasteiger partial charge in [0.05, 0.1) is 0 Å². The van der Waals surface area contributed by atoms with Crippen molar-refractivity contribution in [1.29, 1.82) is 0 Å². The lowest BCUT2D eigenvalue weighted by Crippen LogP contribution is -2.41. The molecule has 1 atom stereocenters. The summed E-state index contributed by atoms with van der Waals surface area (Å²) >= 11 is 0. The van der Waals surface area contributed by atoms with Crippen molar-refractivity contribution in [2.75, 3.05) is 20.2 Å². The average molecular weight is 385 g/mol. The Morgan fingerprint density at radius 2 is 2.14 bits per heavy atom. The number of carbonyl (C=O) groups excluding carboxylic acids is 1. The van der Waals surface area contributed by atoms with Gasteiger partial charge in [-0.15, -0.1) is 0 Å². The summed E-state index contributed by atoms with van der Waals surface area (Å²) in [6, 6.07) is 7.38. The lowest BCUT2D eigenvalue weighted by atomic mass is 9.96. The van der Waals surface area contributed by atoms with Crippen LogP contribution in [0.5, 0.6) is 5.75 Å². The summed E-state index contributed by atoms with van der Waals surface area (Å²) in [7, 11) is 1.54. The number of hydrogen-bond donors (Lipinski definition) is 3. The fourth-order valence-corrected chi connectivity index (χ4v) is 3.69. The van der Waals surface area contributed by atoms with E-state index in [1.807, 2.05) is 6.20 Å². The molecule has 3 aromatic rings. The van der Waals surface area contributed by atoms with Gasteiger partial charge in [0.25, 0.3) is 5.91 Å². The van der Waals surface area contributed by atoms with E-state index in [-0.39, 0.29) is 23.5 Å². The highest BCUT2D eigenvalue weighted by Gasteiger charge is 2.27. The van der Waals surface area contributed by atoms with Crippen LogP contribution in [0, 0.1) is 11.6 Å². The SMILES string of the molecule is CNC(=O)c1ccc(F)c2c1CC(NCCc1c[nH]c3ccc(F)cc13)CO2. The monoisotopic (exact) mass is 385 g/mol. The van der Waals surface area contributed by atoms with Gasteiger partial charge in [0, 0.05) is 41.3 Å². The third-order valence-electron chi connectivity index (χ3n) is 5.12. The Labute approximate surface area is 161 Å². The molecular weight excluding hydrogens is 364 g/mol. The van der Waals surface area contributed by atoms with Gasteiger partial charge in [-0.05, 0) is 55.3 Å². The number of amides is 1. The first-order valence-corrected chi connectivity index (χ1v) is 9.22. The van der Waals surface area contributed by atoms with E-state index >= 15 is 0 Å². The molecule has 1 aromatic heterocycles. The lowest BCUT2D eigenvalue weighted by Gasteiger charge is -2.28. The topological polar surface area (TPSA) is 66.2 Å². The maximum Gasteiger partial charge on any atom is 0.251 e. The lowest BCUT2D eigenvalue weighted by molar-refractivity contribution is 0.0960. The van der Waals surface area contributed by atoms with Gasteiger partial charge in [-0.3, -0.25) is 4.79 Å². The Hall–Kier alpha value is -2.93. The molecular formula is C21H21F2N3O2. The molecule has 2 heterocycles. The van der Waals surface area contributed by atoms with Crippen LogP contribution < -0.4 is 15.4 Å². The van der Waals surface area contributed by atoms with E-state index in [2.05, 4.69) is 15.6 Å². The van der Waals surface area contributed by atoms with Crippen molar-refractivity contribution in [1.82, 2.24) is 15.6 Å². The zero-order valence-corrected chi connectivity index (χ0v) is 15.4. The predicted molar refractivity (Wildman–Crippen MR) is 103 cm³/mol. The molecule has 7 heteroatoms. The van der Waals surface area contributed by atoms with Crippen LogP contribution in [-0.4, -0.2) is 37.1 Å². The predicted octanol–water partition coefficient (Wildman–Crippen LogP) is 2.94. The number of hydrogen-bond acceptors (Lipinski definition) is 3. The van der Waals surface area contributed by atoms with E-state index < -0.39 is 5.82 Å². The van der Waals surface area contributed by atoms with Crippen LogP contribution in [-0.2, 0) is 12.8 Å². The van der Waals surface area contributed by atoms with E-state index in [1.54, 1.807) is 13.1 Å². The van der Waals surface area contributed by atoms with Gasteiger partial charge in [0.1, 0.15) is 12.4 Å². The molecule has 1 amide bonds. The van der Waals surface area contributed by atoms with Crippen molar-refractivity contribution in [2.45, 2.75) is 18.9 Å². The summed E-state index contributed by atoms with van der Waals surface area (Å²) < 4.78 is 33.2. The molecule has 0 radical (unpaired) electrons. The molecule has 4 rings (SSSR count). The van der Waals surface area contributed by atoms with Crippen LogP contribution in [0.4, 0.5) is 8.78 Å². The molecule has 0 spiro atoms. The largest absolute Gasteiger partial charge is 0.489 e. The number of H-pyrrole nitrogens is 1.